The van der Waals surface area contributed by atoms with E-state index in [0.717, 1.165) is 13.1 Å². The minimum atomic E-state index is -3.23. The molecule has 2 rings (SSSR count). The molecule has 0 radical (unpaired) electrons. The number of likely N-dealkylation sites (tertiary alicyclic amines) is 1. The van der Waals surface area contributed by atoms with Crippen LogP contribution in [0.2, 0.25) is 0 Å². The minimum absolute atomic E-state index is 0.130. The normalized spacial score (nSPS) is 33.4. The third-order valence-corrected chi connectivity index (χ3v) is 5.97. The van der Waals surface area contributed by atoms with E-state index < -0.39 is 15.6 Å². The van der Waals surface area contributed by atoms with Crippen LogP contribution in [0.3, 0.4) is 0 Å². The van der Waals surface area contributed by atoms with Gasteiger partial charge in [0, 0.05) is 19.6 Å². The van der Waals surface area contributed by atoms with E-state index in [-0.39, 0.29) is 11.7 Å². The summed E-state index contributed by atoms with van der Waals surface area (Å²) >= 11 is 0. The van der Waals surface area contributed by atoms with Crippen molar-refractivity contribution >= 4 is 10.0 Å². The highest BCUT2D eigenvalue weighted by atomic mass is 32.2. The number of nitriles is 1. The van der Waals surface area contributed by atoms with Crippen molar-refractivity contribution in [3.05, 3.63) is 0 Å². The zero-order valence-corrected chi connectivity index (χ0v) is 11.2. The highest BCUT2D eigenvalue weighted by Crippen LogP contribution is 2.35. The van der Waals surface area contributed by atoms with Crippen LogP contribution >= 0.6 is 0 Å². The summed E-state index contributed by atoms with van der Waals surface area (Å²) in [5.41, 5.74) is -0.796. The van der Waals surface area contributed by atoms with Crippen molar-refractivity contribution in [3.63, 3.8) is 0 Å². The maximum absolute atomic E-state index is 12.1. The van der Waals surface area contributed by atoms with Gasteiger partial charge in [-0.15, -0.1) is 0 Å². The van der Waals surface area contributed by atoms with Crippen LogP contribution in [-0.4, -0.2) is 55.6 Å². The number of rotatable bonds is 1. The molecular formula is C11H19N3O2S. The fourth-order valence-electron chi connectivity index (χ4n) is 2.75. The predicted octanol–water partition coefficient (Wildman–Crippen LogP) is 0.256. The molecule has 5 nitrogen and oxygen atoms in total. The fraction of sp³-hybridized carbons (Fsp3) is 0.909. The van der Waals surface area contributed by atoms with Gasteiger partial charge < -0.3 is 4.90 Å². The van der Waals surface area contributed by atoms with Gasteiger partial charge in [0.05, 0.1) is 11.8 Å². The average molecular weight is 257 g/mol. The maximum atomic E-state index is 12.1. The van der Waals surface area contributed by atoms with E-state index in [2.05, 4.69) is 11.0 Å². The Morgan fingerprint density at radius 3 is 2.35 bits per heavy atom. The first kappa shape index (κ1) is 12.8. The summed E-state index contributed by atoms with van der Waals surface area (Å²) in [4.78, 5) is 2.14. The SMILES string of the molecule is CC1CN(C2(C#N)CCN(C)CC2)S(=O)(=O)C1. The molecule has 6 heteroatoms. The molecule has 1 atom stereocenters. The van der Waals surface area contributed by atoms with Crippen molar-refractivity contribution in [2.75, 3.05) is 32.4 Å². The Balaban J connectivity index is 2.28. The Kier molecular flexibility index (Phi) is 3.19. The summed E-state index contributed by atoms with van der Waals surface area (Å²) in [6.07, 6.45) is 1.23. The smallest absolute Gasteiger partial charge is 0.215 e. The molecule has 0 amide bonds. The van der Waals surface area contributed by atoms with Gasteiger partial charge in [0.15, 0.2) is 0 Å². The summed E-state index contributed by atoms with van der Waals surface area (Å²) in [5.74, 6) is 0.316. The molecule has 2 heterocycles. The largest absolute Gasteiger partial charge is 0.306 e. The summed E-state index contributed by atoms with van der Waals surface area (Å²) in [5, 5.41) is 9.43. The van der Waals surface area contributed by atoms with E-state index in [4.69, 9.17) is 0 Å². The number of nitrogens with zero attached hydrogens (tertiary/aromatic N) is 3. The van der Waals surface area contributed by atoms with Crippen molar-refractivity contribution in [3.8, 4) is 6.07 Å². The van der Waals surface area contributed by atoms with Crippen LogP contribution in [-0.2, 0) is 10.0 Å². The third kappa shape index (κ3) is 2.19. The van der Waals surface area contributed by atoms with Crippen LogP contribution in [0, 0.1) is 17.2 Å². The molecule has 0 aromatic heterocycles. The van der Waals surface area contributed by atoms with Crippen LogP contribution in [0.1, 0.15) is 19.8 Å². The second-order valence-electron chi connectivity index (χ2n) is 5.36. The first-order chi connectivity index (χ1) is 7.89. The Bertz CT molecular complexity index is 432. The van der Waals surface area contributed by atoms with Crippen molar-refractivity contribution in [2.45, 2.75) is 25.3 Å². The molecule has 1 unspecified atom stereocenters. The van der Waals surface area contributed by atoms with Gasteiger partial charge in [-0.25, -0.2) is 8.42 Å². The van der Waals surface area contributed by atoms with E-state index in [1.807, 2.05) is 14.0 Å². The van der Waals surface area contributed by atoms with Gasteiger partial charge in [0.25, 0.3) is 0 Å². The topological polar surface area (TPSA) is 64.4 Å². The molecule has 2 aliphatic rings. The van der Waals surface area contributed by atoms with Crippen molar-refractivity contribution in [2.24, 2.45) is 5.92 Å². The lowest BCUT2D eigenvalue weighted by Crippen LogP contribution is -2.54. The van der Waals surface area contributed by atoms with Gasteiger partial charge in [-0.2, -0.15) is 9.57 Å². The summed E-state index contributed by atoms with van der Waals surface area (Å²) in [6.45, 7) is 4.00. The molecule has 0 saturated carbocycles. The van der Waals surface area contributed by atoms with Gasteiger partial charge in [0.1, 0.15) is 5.54 Å². The molecule has 0 aromatic carbocycles. The molecule has 0 aliphatic carbocycles. The standard InChI is InChI=1S/C11H19N3O2S/c1-10-7-14(17(15,16)8-10)11(9-12)3-5-13(2)6-4-11/h10H,3-8H2,1-2H3. The molecule has 0 bridgehead atoms. The maximum Gasteiger partial charge on any atom is 0.215 e. The first-order valence-electron chi connectivity index (χ1n) is 6.00. The van der Waals surface area contributed by atoms with Gasteiger partial charge in [-0.1, -0.05) is 6.92 Å². The lowest BCUT2D eigenvalue weighted by atomic mass is 9.88. The van der Waals surface area contributed by atoms with Crippen LogP contribution in [0.5, 0.6) is 0 Å². The fourth-order valence-corrected chi connectivity index (χ4v) is 4.99. The van der Waals surface area contributed by atoms with Gasteiger partial charge >= 0.3 is 0 Å². The number of piperidine rings is 1. The van der Waals surface area contributed by atoms with Crippen LogP contribution in [0.4, 0.5) is 0 Å². The van der Waals surface area contributed by atoms with Crippen molar-refractivity contribution in [1.82, 2.24) is 9.21 Å². The highest BCUT2D eigenvalue weighted by Gasteiger charge is 2.49. The monoisotopic (exact) mass is 257 g/mol. The minimum Gasteiger partial charge on any atom is -0.306 e. The van der Waals surface area contributed by atoms with E-state index >= 15 is 0 Å². The lowest BCUT2D eigenvalue weighted by molar-refractivity contribution is 0.134. The summed E-state index contributed by atoms with van der Waals surface area (Å²) < 4.78 is 25.6. The zero-order chi connectivity index (χ0) is 12.7. The van der Waals surface area contributed by atoms with Crippen LogP contribution in [0.25, 0.3) is 0 Å². The Hall–Kier alpha value is -0.640. The molecule has 2 fully saturated rings. The van der Waals surface area contributed by atoms with Gasteiger partial charge in [-0.05, 0) is 25.8 Å². The highest BCUT2D eigenvalue weighted by molar-refractivity contribution is 7.89. The number of hydrogen-bond acceptors (Lipinski definition) is 4. The second-order valence-corrected chi connectivity index (χ2v) is 7.30. The first-order valence-corrected chi connectivity index (χ1v) is 7.61. The van der Waals surface area contributed by atoms with Gasteiger partial charge in [0.2, 0.25) is 10.0 Å². The molecule has 0 N–H and O–H groups in total. The number of hydrogen-bond donors (Lipinski definition) is 0. The van der Waals surface area contributed by atoms with E-state index in [1.165, 1.54) is 4.31 Å². The van der Waals surface area contributed by atoms with Crippen molar-refractivity contribution in [1.29, 1.82) is 5.26 Å². The third-order valence-electron chi connectivity index (χ3n) is 3.81. The predicted molar refractivity (Wildman–Crippen MR) is 64.7 cm³/mol. The average Bonchev–Trinajstić information content (AvgIpc) is 2.54. The molecule has 0 spiro atoms. The molecule has 2 saturated heterocycles. The summed E-state index contributed by atoms with van der Waals surface area (Å²) in [7, 11) is -1.23. The van der Waals surface area contributed by atoms with E-state index in [9.17, 15) is 13.7 Å². The van der Waals surface area contributed by atoms with Crippen LogP contribution < -0.4 is 0 Å². The van der Waals surface area contributed by atoms with Gasteiger partial charge in [-0.3, -0.25) is 0 Å². The molecule has 0 aromatic rings. The molecule has 2 aliphatic heterocycles. The Labute approximate surface area is 103 Å². The quantitative estimate of drug-likeness (QED) is 0.676. The summed E-state index contributed by atoms with van der Waals surface area (Å²) in [6, 6.07) is 2.28. The van der Waals surface area contributed by atoms with Crippen molar-refractivity contribution < 1.29 is 8.42 Å². The Morgan fingerprint density at radius 1 is 1.35 bits per heavy atom. The van der Waals surface area contributed by atoms with Crippen LogP contribution in [0.15, 0.2) is 0 Å². The molecule has 96 valence electrons. The second kappa shape index (κ2) is 4.23. The van der Waals surface area contributed by atoms with E-state index in [0.29, 0.717) is 19.4 Å². The lowest BCUT2D eigenvalue weighted by Gasteiger charge is -2.40. The molecular weight excluding hydrogens is 238 g/mol. The number of sulfonamides is 1. The Morgan fingerprint density at radius 2 is 1.94 bits per heavy atom. The molecule has 17 heavy (non-hydrogen) atoms. The van der Waals surface area contributed by atoms with E-state index in [1.54, 1.807) is 0 Å². The zero-order valence-electron chi connectivity index (χ0n) is 10.4.